The monoisotopic (exact) mass is 448 g/mol. The van der Waals surface area contributed by atoms with Gasteiger partial charge in [0.1, 0.15) is 17.3 Å². The van der Waals surface area contributed by atoms with Crippen LogP contribution in [-0.4, -0.2) is 15.7 Å². The Kier molecular flexibility index (Phi) is 6.23. The Morgan fingerprint density at radius 1 is 1.16 bits per heavy atom. The first-order valence-corrected chi connectivity index (χ1v) is 10.4. The van der Waals surface area contributed by atoms with Crippen LogP contribution in [0.25, 0.3) is 17.0 Å². The van der Waals surface area contributed by atoms with Gasteiger partial charge in [0.25, 0.3) is 0 Å². The van der Waals surface area contributed by atoms with Crippen LogP contribution in [0.1, 0.15) is 27.9 Å². The Morgan fingerprint density at radius 2 is 1.94 bits per heavy atom. The zero-order chi connectivity index (χ0) is 22.7. The number of benzene rings is 2. The zero-order valence-electron chi connectivity index (χ0n) is 17.7. The molecule has 0 saturated carbocycles. The van der Waals surface area contributed by atoms with Crippen molar-refractivity contribution in [1.29, 1.82) is 0 Å². The molecule has 7 heteroatoms. The first-order chi connectivity index (χ1) is 15.4. The van der Waals surface area contributed by atoms with Gasteiger partial charge in [0.05, 0.1) is 12.2 Å². The second kappa shape index (κ2) is 9.24. The summed E-state index contributed by atoms with van der Waals surface area (Å²) >= 11 is 6.48. The van der Waals surface area contributed by atoms with Gasteiger partial charge in [-0.05, 0) is 37.1 Å². The van der Waals surface area contributed by atoms with E-state index in [1.807, 2.05) is 56.3 Å². The van der Waals surface area contributed by atoms with Crippen molar-refractivity contribution in [3.63, 3.8) is 0 Å². The SMILES string of the molecule is Cc1ccc2c(COC(=O)C=Cc3c(C)nn(Cc4ccccc4)c3Cl)cc(=O)oc2c1. The lowest BCUT2D eigenvalue weighted by molar-refractivity contribution is -0.138. The molecule has 4 aromatic rings. The van der Waals surface area contributed by atoms with Gasteiger partial charge in [-0.1, -0.05) is 54.1 Å². The first kappa shape index (κ1) is 21.6. The lowest BCUT2D eigenvalue weighted by Crippen LogP contribution is -2.05. The Labute approximate surface area is 189 Å². The predicted octanol–water partition coefficient (Wildman–Crippen LogP) is 5.06. The number of carbonyl (C=O) groups excluding carboxylic acids is 1. The summed E-state index contributed by atoms with van der Waals surface area (Å²) in [5.74, 6) is -0.551. The second-order valence-corrected chi connectivity index (χ2v) is 7.82. The third-order valence-corrected chi connectivity index (χ3v) is 5.42. The summed E-state index contributed by atoms with van der Waals surface area (Å²) in [4.78, 5) is 24.1. The maximum Gasteiger partial charge on any atom is 0.336 e. The molecule has 0 N–H and O–H groups in total. The quantitative estimate of drug-likeness (QED) is 0.234. The molecule has 0 spiro atoms. The van der Waals surface area contributed by atoms with Crippen LogP contribution in [0, 0.1) is 13.8 Å². The van der Waals surface area contributed by atoms with Gasteiger partial charge >= 0.3 is 11.6 Å². The summed E-state index contributed by atoms with van der Waals surface area (Å²) in [7, 11) is 0. The number of ether oxygens (including phenoxy) is 1. The van der Waals surface area contributed by atoms with Crippen molar-refractivity contribution in [1.82, 2.24) is 9.78 Å². The van der Waals surface area contributed by atoms with Gasteiger partial charge in [-0.3, -0.25) is 0 Å². The van der Waals surface area contributed by atoms with E-state index in [1.165, 1.54) is 12.1 Å². The minimum atomic E-state index is -0.551. The third kappa shape index (κ3) is 4.81. The van der Waals surface area contributed by atoms with Crippen molar-refractivity contribution >= 4 is 34.6 Å². The maximum atomic E-state index is 12.3. The molecule has 0 amide bonds. The number of hydrogen-bond donors (Lipinski definition) is 0. The minimum Gasteiger partial charge on any atom is -0.458 e. The number of esters is 1. The van der Waals surface area contributed by atoms with Crippen LogP contribution in [-0.2, 0) is 22.7 Å². The lowest BCUT2D eigenvalue weighted by atomic mass is 10.1. The third-order valence-electron chi connectivity index (χ3n) is 5.03. The Hall–Kier alpha value is -3.64. The van der Waals surface area contributed by atoms with Crippen LogP contribution >= 0.6 is 11.6 Å². The molecular weight excluding hydrogens is 428 g/mol. The largest absolute Gasteiger partial charge is 0.458 e. The Morgan fingerprint density at radius 3 is 2.72 bits per heavy atom. The average molecular weight is 449 g/mol. The topological polar surface area (TPSA) is 74.3 Å². The molecule has 0 aliphatic carbocycles. The van der Waals surface area contributed by atoms with Crippen molar-refractivity contribution in [2.45, 2.75) is 27.0 Å². The van der Waals surface area contributed by atoms with Crippen LogP contribution in [0.4, 0.5) is 0 Å². The molecule has 0 radical (unpaired) electrons. The smallest absolute Gasteiger partial charge is 0.336 e. The van der Waals surface area contributed by atoms with Crippen molar-refractivity contribution in [3.8, 4) is 0 Å². The highest BCUT2D eigenvalue weighted by Gasteiger charge is 2.13. The normalized spacial score (nSPS) is 11.3. The van der Waals surface area contributed by atoms with E-state index in [1.54, 1.807) is 16.8 Å². The highest BCUT2D eigenvalue weighted by molar-refractivity contribution is 6.31. The van der Waals surface area contributed by atoms with Gasteiger partial charge in [-0.2, -0.15) is 5.10 Å². The minimum absolute atomic E-state index is 0.0473. The van der Waals surface area contributed by atoms with E-state index >= 15 is 0 Å². The van der Waals surface area contributed by atoms with E-state index in [4.69, 9.17) is 20.8 Å². The Balaban J connectivity index is 1.47. The molecular formula is C25H21ClN2O4. The second-order valence-electron chi connectivity index (χ2n) is 7.46. The number of nitrogens with zero attached hydrogens (tertiary/aromatic N) is 2. The van der Waals surface area contributed by atoms with Crippen molar-refractivity contribution in [2.75, 3.05) is 0 Å². The number of carbonyl (C=O) groups is 1. The molecule has 0 fully saturated rings. The highest BCUT2D eigenvalue weighted by atomic mass is 35.5. The van der Waals surface area contributed by atoms with Crippen molar-refractivity contribution in [2.24, 2.45) is 0 Å². The van der Waals surface area contributed by atoms with E-state index in [0.717, 1.165) is 16.5 Å². The molecule has 2 aromatic carbocycles. The van der Waals surface area contributed by atoms with E-state index in [9.17, 15) is 9.59 Å². The number of rotatable bonds is 6. The molecule has 0 aliphatic heterocycles. The average Bonchev–Trinajstić information content (AvgIpc) is 3.03. The van der Waals surface area contributed by atoms with Gasteiger partial charge < -0.3 is 9.15 Å². The van der Waals surface area contributed by atoms with Crippen LogP contribution in [0.5, 0.6) is 0 Å². The summed E-state index contributed by atoms with van der Waals surface area (Å²) < 4.78 is 12.3. The van der Waals surface area contributed by atoms with E-state index in [-0.39, 0.29) is 6.61 Å². The molecule has 0 aliphatic rings. The van der Waals surface area contributed by atoms with Crippen molar-refractivity contribution < 1.29 is 13.9 Å². The molecule has 0 unspecified atom stereocenters. The number of halogens is 1. The van der Waals surface area contributed by atoms with Gasteiger partial charge in [0.15, 0.2) is 0 Å². The van der Waals surface area contributed by atoms with E-state index in [2.05, 4.69) is 5.10 Å². The molecule has 2 aromatic heterocycles. The zero-order valence-corrected chi connectivity index (χ0v) is 18.4. The standard InChI is InChI=1S/C25H21ClN2O4/c1-16-8-9-21-19(13-24(30)32-22(21)12-16)15-31-23(29)11-10-20-17(2)27-28(25(20)26)14-18-6-4-3-5-7-18/h3-13H,14-15H2,1-2H3. The van der Waals surface area contributed by atoms with Crippen LogP contribution in [0.15, 0.2) is 69.9 Å². The van der Waals surface area contributed by atoms with E-state index < -0.39 is 11.6 Å². The van der Waals surface area contributed by atoms with Crippen molar-refractivity contribution in [3.05, 3.63) is 104 Å². The fourth-order valence-electron chi connectivity index (χ4n) is 3.42. The van der Waals surface area contributed by atoms with Crippen LogP contribution in [0.2, 0.25) is 5.15 Å². The number of hydrogen-bond acceptors (Lipinski definition) is 5. The van der Waals surface area contributed by atoms with Crippen LogP contribution in [0.3, 0.4) is 0 Å². The number of aryl methyl sites for hydroxylation is 2. The molecule has 2 heterocycles. The fraction of sp³-hybridized carbons (Fsp3) is 0.160. The van der Waals surface area contributed by atoms with Gasteiger partial charge in [-0.25, -0.2) is 14.3 Å². The van der Waals surface area contributed by atoms with Gasteiger partial charge in [-0.15, -0.1) is 0 Å². The van der Waals surface area contributed by atoms with Gasteiger partial charge in [0.2, 0.25) is 0 Å². The molecule has 0 bridgehead atoms. The molecule has 6 nitrogen and oxygen atoms in total. The summed E-state index contributed by atoms with van der Waals surface area (Å²) in [5, 5.41) is 5.64. The maximum absolute atomic E-state index is 12.3. The predicted molar refractivity (Wildman–Crippen MR) is 124 cm³/mol. The molecule has 162 valence electrons. The van der Waals surface area contributed by atoms with Crippen LogP contribution < -0.4 is 5.63 Å². The van der Waals surface area contributed by atoms with E-state index in [0.29, 0.717) is 34.1 Å². The summed E-state index contributed by atoms with van der Waals surface area (Å²) in [6.07, 6.45) is 2.90. The summed E-state index contributed by atoms with van der Waals surface area (Å²) in [6.45, 7) is 4.22. The first-order valence-electron chi connectivity index (χ1n) is 10.1. The number of aromatic nitrogens is 2. The summed E-state index contributed by atoms with van der Waals surface area (Å²) in [6, 6.07) is 16.7. The molecule has 4 rings (SSSR count). The lowest BCUT2D eigenvalue weighted by Gasteiger charge is -2.06. The summed E-state index contributed by atoms with van der Waals surface area (Å²) in [5.41, 5.74) is 3.96. The molecule has 0 atom stereocenters. The Bertz CT molecular complexity index is 1370. The highest BCUT2D eigenvalue weighted by Crippen LogP contribution is 2.23. The number of fused-ring (bicyclic) bond motifs is 1. The fourth-order valence-corrected chi connectivity index (χ4v) is 3.72. The molecule has 0 saturated heterocycles. The molecule has 32 heavy (non-hydrogen) atoms. The van der Waals surface area contributed by atoms with Gasteiger partial charge in [0, 0.05) is 28.7 Å².